The van der Waals surface area contributed by atoms with Crippen LogP contribution in [0.3, 0.4) is 0 Å². The fourth-order valence-electron chi connectivity index (χ4n) is 1.43. The van der Waals surface area contributed by atoms with Crippen molar-refractivity contribution in [3.63, 3.8) is 0 Å². The fourth-order valence-corrected chi connectivity index (χ4v) is 2.26. The Morgan fingerprint density at radius 1 is 1.35 bits per heavy atom. The molecule has 0 aliphatic carbocycles. The SMILES string of the molecule is COc1cccc(/C=C2\SC(=O)N(C)C2=O)c1. The molecular formula is C12H11NO3S. The average Bonchev–Trinajstić information content (AvgIpc) is 2.57. The van der Waals surface area contributed by atoms with Crippen molar-refractivity contribution in [3.05, 3.63) is 34.7 Å². The number of carbonyl (C=O) groups is 2. The number of carbonyl (C=O) groups excluding carboxylic acids is 2. The lowest BCUT2D eigenvalue weighted by Crippen LogP contribution is -2.22. The number of methoxy groups -OCH3 is 1. The second-order valence-electron chi connectivity index (χ2n) is 3.52. The molecule has 0 N–H and O–H groups in total. The number of ether oxygens (including phenoxy) is 1. The van der Waals surface area contributed by atoms with Gasteiger partial charge in [-0.1, -0.05) is 12.1 Å². The minimum atomic E-state index is -0.261. The lowest BCUT2D eigenvalue weighted by Gasteiger charge is -2.02. The zero-order valence-electron chi connectivity index (χ0n) is 9.47. The quantitative estimate of drug-likeness (QED) is 0.755. The monoisotopic (exact) mass is 249 g/mol. The molecule has 1 saturated heterocycles. The van der Waals surface area contributed by atoms with Crippen molar-refractivity contribution < 1.29 is 14.3 Å². The summed E-state index contributed by atoms with van der Waals surface area (Å²) in [6, 6.07) is 7.32. The van der Waals surface area contributed by atoms with Gasteiger partial charge in [0.05, 0.1) is 12.0 Å². The van der Waals surface area contributed by atoms with Crippen molar-refractivity contribution in [2.45, 2.75) is 0 Å². The molecule has 88 valence electrons. The van der Waals surface area contributed by atoms with E-state index in [4.69, 9.17) is 4.74 Å². The van der Waals surface area contributed by atoms with Gasteiger partial charge in [0.1, 0.15) is 5.75 Å². The minimum Gasteiger partial charge on any atom is -0.497 e. The third kappa shape index (κ3) is 2.34. The average molecular weight is 249 g/mol. The van der Waals surface area contributed by atoms with Crippen LogP contribution >= 0.6 is 11.8 Å². The first kappa shape index (κ1) is 11.7. The molecule has 0 bridgehead atoms. The lowest BCUT2D eigenvalue weighted by molar-refractivity contribution is -0.121. The summed E-state index contributed by atoms with van der Waals surface area (Å²) in [5.41, 5.74) is 0.836. The molecule has 0 radical (unpaired) electrons. The van der Waals surface area contributed by atoms with Gasteiger partial charge in [0, 0.05) is 7.05 Å². The van der Waals surface area contributed by atoms with Crippen LogP contribution in [-0.2, 0) is 4.79 Å². The highest BCUT2D eigenvalue weighted by atomic mass is 32.2. The van der Waals surface area contributed by atoms with Gasteiger partial charge in [0.25, 0.3) is 11.1 Å². The van der Waals surface area contributed by atoms with E-state index in [-0.39, 0.29) is 11.1 Å². The number of nitrogens with zero attached hydrogens (tertiary/aromatic N) is 1. The summed E-state index contributed by atoms with van der Waals surface area (Å²) >= 11 is 0.948. The van der Waals surface area contributed by atoms with Crippen molar-refractivity contribution in [1.82, 2.24) is 4.90 Å². The van der Waals surface area contributed by atoms with Crippen molar-refractivity contribution in [1.29, 1.82) is 0 Å². The first-order chi connectivity index (χ1) is 8.11. The van der Waals surface area contributed by atoms with Gasteiger partial charge < -0.3 is 4.74 Å². The van der Waals surface area contributed by atoms with Crippen molar-refractivity contribution in [2.75, 3.05) is 14.2 Å². The molecule has 1 aromatic carbocycles. The van der Waals surface area contributed by atoms with E-state index in [0.29, 0.717) is 4.91 Å². The molecule has 0 saturated carbocycles. The molecule has 0 aromatic heterocycles. The molecule has 0 unspecified atom stereocenters. The second kappa shape index (κ2) is 4.63. The standard InChI is InChI=1S/C12H11NO3S/c1-13-11(14)10(17-12(13)15)7-8-4-3-5-9(6-8)16-2/h3-7H,1-2H3/b10-7-. The molecule has 1 fully saturated rings. The molecular weight excluding hydrogens is 238 g/mol. The Labute approximate surface area is 103 Å². The van der Waals surface area contributed by atoms with Gasteiger partial charge >= 0.3 is 0 Å². The van der Waals surface area contributed by atoms with Crippen LogP contribution in [-0.4, -0.2) is 30.2 Å². The zero-order chi connectivity index (χ0) is 12.4. The van der Waals surface area contributed by atoms with Crippen LogP contribution in [0.25, 0.3) is 6.08 Å². The number of imide groups is 1. The summed E-state index contributed by atoms with van der Waals surface area (Å²) in [5.74, 6) is 0.456. The topological polar surface area (TPSA) is 46.6 Å². The third-order valence-corrected chi connectivity index (χ3v) is 3.34. The van der Waals surface area contributed by atoms with Gasteiger partial charge in [0.2, 0.25) is 0 Å². The van der Waals surface area contributed by atoms with Gasteiger partial charge in [-0.3, -0.25) is 14.5 Å². The first-order valence-corrected chi connectivity index (χ1v) is 5.79. The highest BCUT2D eigenvalue weighted by molar-refractivity contribution is 8.18. The van der Waals surface area contributed by atoms with Crippen LogP contribution < -0.4 is 4.74 Å². The fraction of sp³-hybridized carbons (Fsp3) is 0.167. The number of likely N-dealkylation sites (N-methyl/N-ethyl adjacent to an activating group) is 1. The van der Waals surface area contributed by atoms with Crippen LogP contribution in [0.5, 0.6) is 5.75 Å². The Morgan fingerprint density at radius 3 is 2.71 bits per heavy atom. The van der Waals surface area contributed by atoms with Gasteiger partial charge in [-0.2, -0.15) is 0 Å². The van der Waals surface area contributed by atoms with Crippen LogP contribution in [0.15, 0.2) is 29.2 Å². The number of thioether (sulfide) groups is 1. The van der Waals surface area contributed by atoms with Gasteiger partial charge in [-0.15, -0.1) is 0 Å². The van der Waals surface area contributed by atoms with Crippen LogP contribution in [0.2, 0.25) is 0 Å². The Kier molecular flexibility index (Phi) is 3.19. The van der Waals surface area contributed by atoms with Crippen molar-refractivity contribution in [3.8, 4) is 5.75 Å². The van der Waals surface area contributed by atoms with Crippen molar-refractivity contribution >= 4 is 29.0 Å². The van der Waals surface area contributed by atoms with E-state index in [0.717, 1.165) is 28.0 Å². The van der Waals surface area contributed by atoms with E-state index in [1.54, 1.807) is 13.2 Å². The Balaban J connectivity index is 2.30. The van der Waals surface area contributed by atoms with E-state index < -0.39 is 0 Å². The molecule has 1 aliphatic rings. The van der Waals surface area contributed by atoms with Gasteiger partial charge in [0.15, 0.2) is 0 Å². The maximum Gasteiger partial charge on any atom is 0.293 e. The van der Waals surface area contributed by atoms with Crippen LogP contribution in [0.1, 0.15) is 5.56 Å². The molecule has 2 rings (SSSR count). The normalized spacial score (nSPS) is 18.0. The summed E-state index contributed by atoms with van der Waals surface area (Å²) in [6.45, 7) is 0. The largest absolute Gasteiger partial charge is 0.497 e. The molecule has 1 aromatic rings. The molecule has 5 heteroatoms. The zero-order valence-corrected chi connectivity index (χ0v) is 10.3. The number of rotatable bonds is 2. The lowest BCUT2D eigenvalue weighted by atomic mass is 10.2. The maximum absolute atomic E-state index is 11.7. The summed E-state index contributed by atoms with van der Waals surface area (Å²) in [5, 5.41) is -0.246. The van der Waals surface area contributed by atoms with E-state index in [1.807, 2.05) is 24.3 Å². The van der Waals surface area contributed by atoms with Crippen molar-refractivity contribution in [2.24, 2.45) is 0 Å². The first-order valence-electron chi connectivity index (χ1n) is 4.97. The second-order valence-corrected chi connectivity index (χ2v) is 4.51. The highest BCUT2D eigenvalue weighted by Crippen LogP contribution is 2.31. The molecule has 4 nitrogen and oxygen atoms in total. The number of benzene rings is 1. The number of hydrogen-bond donors (Lipinski definition) is 0. The molecule has 17 heavy (non-hydrogen) atoms. The molecule has 2 amide bonds. The van der Waals surface area contributed by atoms with Crippen LogP contribution in [0.4, 0.5) is 4.79 Å². The number of hydrogen-bond acceptors (Lipinski definition) is 4. The highest BCUT2D eigenvalue weighted by Gasteiger charge is 2.31. The van der Waals surface area contributed by atoms with E-state index >= 15 is 0 Å². The predicted molar refractivity (Wildman–Crippen MR) is 66.7 cm³/mol. The predicted octanol–water partition coefficient (Wildman–Crippen LogP) is 2.36. The van der Waals surface area contributed by atoms with Crippen LogP contribution in [0, 0.1) is 0 Å². The van der Waals surface area contributed by atoms with Gasteiger partial charge in [-0.05, 0) is 35.5 Å². The molecule has 1 aliphatic heterocycles. The Morgan fingerprint density at radius 2 is 2.12 bits per heavy atom. The Bertz CT molecular complexity index is 510. The summed E-state index contributed by atoms with van der Waals surface area (Å²) in [7, 11) is 3.06. The third-order valence-electron chi connectivity index (χ3n) is 2.38. The summed E-state index contributed by atoms with van der Waals surface area (Å²) in [4.78, 5) is 24.5. The molecule has 0 spiro atoms. The van der Waals surface area contributed by atoms with E-state index in [9.17, 15) is 9.59 Å². The maximum atomic E-state index is 11.7. The summed E-state index contributed by atoms with van der Waals surface area (Å²) in [6.07, 6.45) is 1.69. The van der Waals surface area contributed by atoms with E-state index in [2.05, 4.69) is 0 Å². The number of amides is 2. The smallest absolute Gasteiger partial charge is 0.293 e. The summed E-state index contributed by atoms with van der Waals surface area (Å²) < 4.78 is 5.09. The van der Waals surface area contributed by atoms with E-state index in [1.165, 1.54) is 7.05 Å². The minimum absolute atomic E-state index is 0.246. The Hall–Kier alpha value is -1.75. The van der Waals surface area contributed by atoms with Gasteiger partial charge in [-0.25, -0.2) is 0 Å². The molecule has 1 heterocycles. The molecule has 0 atom stereocenters.